The van der Waals surface area contributed by atoms with Crippen LogP contribution in [0.2, 0.25) is 0 Å². The molecule has 0 saturated heterocycles. The van der Waals surface area contributed by atoms with Gasteiger partial charge in [-0.05, 0) is 44.9 Å². The molecule has 1 aromatic rings. The molecular weight excluding hydrogens is 232 g/mol. The summed E-state index contributed by atoms with van der Waals surface area (Å²) >= 11 is 0. The van der Waals surface area contributed by atoms with Crippen LogP contribution in [-0.2, 0) is 10.3 Å². The van der Waals surface area contributed by atoms with Crippen LogP contribution in [0.5, 0.6) is 0 Å². The maximum Gasteiger partial charge on any atom is 0.229 e. The fourth-order valence-corrected chi connectivity index (χ4v) is 2.93. The van der Waals surface area contributed by atoms with E-state index in [1.807, 2.05) is 0 Å². The lowest BCUT2D eigenvalue weighted by molar-refractivity contribution is -0.0858. The zero-order valence-electron chi connectivity index (χ0n) is 10.8. The van der Waals surface area contributed by atoms with Gasteiger partial charge in [-0.15, -0.1) is 0 Å². The van der Waals surface area contributed by atoms with E-state index in [0.717, 1.165) is 50.8 Å². The van der Waals surface area contributed by atoms with E-state index in [2.05, 4.69) is 10.1 Å². The van der Waals surface area contributed by atoms with Crippen molar-refractivity contribution in [2.24, 2.45) is 0 Å². The highest BCUT2D eigenvalue weighted by molar-refractivity contribution is 5.08. The van der Waals surface area contributed by atoms with Gasteiger partial charge in [0, 0.05) is 13.0 Å². The smallest absolute Gasteiger partial charge is 0.229 e. The maximum atomic E-state index is 9.51. The van der Waals surface area contributed by atoms with Gasteiger partial charge >= 0.3 is 0 Å². The van der Waals surface area contributed by atoms with Crippen LogP contribution in [0.25, 0.3) is 0 Å². The Morgan fingerprint density at radius 2 is 2.00 bits per heavy atom. The molecule has 2 fully saturated rings. The van der Waals surface area contributed by atoms with Crippen molar-refractivity contribution in [2.75, 3.05) is 7.11 Å². The number of aliphatic hydroxyl groups excluding tert-OH is 1. The van der Waals surface area contributed by atoms with Gasteiger partial charge in [-0.1, -0.05) is 5.16 Å². The fourth-order valence-electron chi connectivity index (χ4n) is 2.93. The summed E-state index contributed by atoms with van der Waals surface area (Å²) in [7, 11) is 1.71. The van der Waals surface area contributed by atoms with Crippen LogP contribution in [0.3, 0.4) is 0 Å². The summed E-state index contributed by atoms with van der Waals surface area (Å²) in [5.41, 5.74) is -0.296. The first-order valence-electron chi connectivity index (χ1n) is 6.81. The average molecular weight is 252 g/mol. The second kappa shape index (κ2) is 4.63. The first-order chi connectivity index (χ1) is 8.73. The van der Waals surface area contributed by atoms with Crippen LogP contribution >= 0.6 is 0 Å². The Kier molecular flexibility index (Phi) is 3.11. The number of ether oxygens (including phenoxy) is 1. The van der Waals surface area contributed by atoms with E-state index >= 15 is 0 Å². The minimum Gasteiger partial charge on any atom is -0.393 e. The highest BCUT2D eigenvalue weighted by Gasteiger charge is 2.43. The molecule has 2 aliphatic carbocycles. The van der Waals surface area contributed by atoms with Gasteiger partial charge in [0.25, 0.3) is 0 Å². The van der Waals surface area contributed by atoms with Gasteiger partial charge in [0.1, 0.15) is 5.60 Å². The van der Waals surface area contributed by atoms with Gasteiger partial charge in [0.15, 0.2) is 0 Å². The van der Waals surface area contributed by atoms with Crippen LogP contribution in [0.1, 0.15) is 62.6 Å². The van der Waals surface area contributed by atoms with Gasteiger partial charge in [-0.25, -0.2) is 0 Å². The van der Waals surface area contributed by atoms with Gasteiger partial charge in [0.05, 0.1) is 6.10 Å². The monoisotopic (exact) mass is 252 g/mol. The molecular formula is C13H20N2O3. The lowest BCUT2D eigenvalue weighted by atomic mass is 9.79. The Morgan fingerprint density at radius 1 is 1.28 bits per heavy atom. The summed E-state index contributed by atoms with van der Waals surface area (Å²) in [4.78, 5) is 4.54. The topological polar surface area (TPSA) is 68.4 Å². The highest BCUT2D eigenvalue weighted by Crippen LogP contribution is 2.43. The Hall–Kier alpha value is -0.940. The van der Waals surface area contributed by atoms with Crippen LogP contribution in [-0.4, -0.2) is 28.5 Å². The standard InChI is InChI=1S/C13H20N2O3/c1-17-13(7-2-8-13)12-14-11(18-15-12)9-3-5-10(16)6-4-9/h9-10,16H,2-8H2,1H3. The Bertz CT molecular complexity index is 401. The molecule has 0 atom stereocenters. The van der Waals surface area contributed by atoms with Crippen molar-refractivity contribution < 1.29 is 14.4 Å². The van der Waals surface area contributed by atoms with Gasteiger partial charge < -0.3 is 14.4 Å². The van der Waals surface area contributed by atoms with Crippen molar-refractivity contribution in [1.82, 2.24) is 10.1 Å². The number of hydrogen-bond acceptors (Lipinski definition) is 5. The van der Waals surface area contributed by atoms with Crippen molar-refractivity contribution in [3.05, 3.63) is 11.7 Å². The van der Waals surface area contributed by atoms with E-state index in [-0.39, 0.29) is 11.7 Å². The molecule has 1 N–H and O–H groups in total. The van der Waals surface area contributed by atoms with Crippen molar-refractivity contribution in [1.29, 1.82) is 0 Å². The van der Waals surface area contributed by atoms with Crippen LogP contribution < -0.4 is 0 Å². The molecule has 1 heterocycles. The summed E-state index contributed by atoms with van der Waals surface area (Å²) in [5.74, 6) is 1.74. The molecule has 0 aromatic carbocycles. The molecule has 0 bridgehead atoms. The van der Waals surface area contributed by atoms with Crippen molar-refractivity contribution >= 4 is 0 Å². The Labute approximate surface area is 107 Å². The first kappa shape index (κ1) is 12.1. The minimum atomic E-state index is -0.296. The second-order valence-corrected chi connectivity index (χ2v) is 5.51. The molecule has 0 unspecified atom stereocenters. The molecule has 18 heavy (non-hydrogen) atoms. The van der Waals surface area contributed by atoms with Crippen molar-refractivity contribution in [2.45, 2.75) is 62.6 Å². The molecule has 5 nitrogen and oxygen atoms in total. The number of nitrogens with zero attached hydrogens (tertiary/aromatic N) is 2. The first-order valence-corrected chi connectivity index (χ1v) is 6.81. The average Bonchev–Trinajstić information content (AvgIpc) is 2.79. The number of aliphatic hydroxyl groups is 1. The zero-order chi connectivity index (χ0) is 12.6. The summed E-state index contributed by atoms with van der Waals surface area (Å²) in [6.07, 6.45) is 6.49. The van der Waals surface area contributed by atoms with Gasteiger partial charge in [0.2, 0.25) is 11.7 Å². The van der Waals surface area contributed by atoms with Crippen LogP contribution in [0.4, 0.5) is 0 Å². The molecule has 0 radical (unpaired) electrons. The molecule has 3 rings (SSSR count). The lowest BCUT2D eigenvalue weighted by Crippen LogP contribution is -2.37. The third kappa shape index (κ3) is 1.95. The summed E-state index contributed by atoms with van der Waals surface area (Å²) in [6.45, 7) is 0. The highest BCUT2D eigenvalue weighted by atomic mass is 16.5. The molecule has 2 saturated carbocycles. The van der Waals surface area contributed by atoms with Gasteiger partial charge in [-0.2, -0.15) is 4.98 Å². The minimum absolute atomic E-state index is 0.152. The molecule has 0 aliphatic heterocycles. The summed E-state index contributed by atoms with van der Waals surface area (Å²) in [5, 5.41) is 13.6. The third-order valence-corrected chi connectivity index (χ3v) is 4.45. The Morgan fingerprint density at radius 3 is 2.56 bits per heavy atom. The van der Waals surface area contributed by atoms with Crippen LogP contribution in [0, 0.1) is 0 Å². The summed E-state index contributed by atoms with van der Waals surface area (Å²) < 4.78 is 11.0. The quantitative estimate of drug-likeness (QED) is 0.892. The third-order valence-electron chi connectivity index (χ3n) is 4.45. The van der Waals surface area contributed by atoms with E-state index in [9.17, 15) is 5.11 Å². The SMILES string of the molecule is COC1(c2noc(C3CCC(O)CC3)n2)CCC1. The summed E-state index contributed by atoms with van der Waals surface area (Å²) in [6, 6.07) is 0. The van der Waals surface area contributed by atoms with E-state index < -0.39 is 0 Å². The fraction of sp³-hybridized carbons (Fsp3) is 0.846. The zero-order valence-corrected chi connectivity index (χ0v) is 10.8. The van der Waals surface area contributed by atoms with Gasteiger partial charge in [-0.3, -0.25) is 0 Å². The predicted octanol–water partition coefficient (Wildman–Crippen LogP) is 2.11. The van der Waals surface area contributed by atoms with E-state index in [1.54, 1.807) is 7.11 Å². The second-order valence-electron chi connectivity index (χ2n) is 5.51. The molecule has 0 spiro atoms. The number of aromatic nitrogens is 2. The normalized spacial score (nSPS) is 31.0. The number of rotatable bonds is 3. The van der Waals surface area contributed by atoms with E-state index in [4.69, 9.17) is 9.26 Å². The Balaban J connectivity index is 1.73. The molecule has 0 amide bonds. The molecule has 2 aliphatic rings. The number of hydrogen-bond donors (Lipinski definition) is 1. The van der Waals surface area contributed by atoms with Crippen molar-refractivity contribution in [3.63, 3.8) is 0 Å². The van der Waals surface area contributed by atoms with E-state index in [1.165, 1.54) is 0 Å². The van der Waals surface area contributed by atoms with Crippen molar-refractivity contribution in [3.8, 4) is 0 Å². The number of methoxy groups -OCH3 is 1. The largest absolute Gasteiger partial charge is 0.393 e. The molecule has 100 valence electrons. The predicted molar refractivity (Wildman–Crippen MR) is 64.1 cm³/mol. The van der Waals surface area contributed by atoms with E-state index in [0.29, 0.717) is 11.7 Å². The lowest BCUT2D eigenvalue weighted by Gasteiger charge is -2.37. The maximum absolute atomic E-state index is 9.51. The van der Waals surface area contributed by atoms with Crippen LogP contribution in [0.15, 0.2) is 4.52 Å². The molecule has 1 aromatic heterocycles. The molecule has 5 heteroatoms.